The lowest BCUT2D eigenvalue weighted by Gasteiger charge is -1.99. The molecule has 1 aromatic heterocycles. The van der Waals surface area contributed by atoms with Crippen LogP contribution in [0.25, 0.3) is 12.2 Å². The summed E-state index contributed by atoms with van der Waals surface area (Å²) in [5.41, 5.74) is -2.26. The highest BCUT2D eigenvalue weighted by Crippen LogP contribution is 2.25. The van der Waals surface area contributed by atoms with Crippen LogP contribution in [0.5, 0.6) is 5.75 Å². The van der Waals surface area contributed by atoms with Crippen molar-refractivity contribution >= 4 is 33.8 Å². The maximum Gasteiger partial charge on any atom is 0.357 e. The van der Waals surface area contributed by atoms with E-state index in [1.54, 1.807) is 17.1 Å². The highest BCUT2D eigenvalue weighted by Gasteiger charge is 2.18. The molecule has 9 heteroatoms. The van der Waals surface area contributed by atoms with Crippen LogP contribution in [-0.4, -0.2) is 20.0 Å². The third kappa shape index (κ3) is 3.26. The second-order valence-electron chi connectivity index (χ2n) is 3.97. The molecule has 0 aliphatic carbocycles. The molecule has 0 bridgehead atoms. The number of nitro groups is 1. The van der Waals surface area contributed by atoms with E-state index in [0.29, 0.717) is 10.0 Å². The number of nitrogens with one attached hydrogen (secondary N) is 2. The van der Waals surface area contributed by atoms with Crippen molar-refractivity contribution in [2.24, 2.45) is 0 Å². The first-order valence-electron chi connectivity index (χ1n) is 5.56. The Morgan fingerprint density at radius 1 is 1.24 bits per heavy atom. The molecule has 2 aromatic rings. The lowest BCUT2D eigenvalue weighted by molar-refractivity contribution is -0.386. The van der Waals surface area contributed by atoms with Crippen LogP contribution >= 0.6 is 15.9 Å². The highest BCUT2D eigenvalue weighted by atomic mass is 79.9. The first kappa shape index (κ1) is 14.7. The van der Waals surface area contributed by atoms with E-state index >= 15 is 0 Å². The number of benzene rings is 1. The van der Waals surface area contributed by atoms with E-state index in [4.69, 9.17) is 0 Å². The zero-order chi connectivity index (χ0) is 15.6. The van der Waals surface area contributed by atoms with E-state index in [2.05, 4.69) is 20.9 Å². The van der Waals surface area contributed by atoms with Gasteiger partial charge in [-0.3, -0.25) is 19.9 Å². The fourth-order valence-corrected chi connectivity index (χ4v) is 2.00. The number of nitrogens with zero attached hydrogens (tertiary/aromatic N) is 1. The molecule has 0 unspecified atom stereocenters. The lowest BCUT2D eigenvalue weighted by Crippen LogP contribution is -2.25. The van der Waals surface area contributed by atoms with Gasteiger partial charge < -0.3 is 10.1 Å². The summed E-state index contributed by atoms with van der Waals surface area (Å²) in [6.07, 6.45) is 2.70. The molecule has 0 spiro atoms. The first-order valence-corrected chi connectivity index (χ1v) is 6.35. The van der Waals surface area contributed by atoms with Crippen molar-refractivity contribution in [3.8, 4) is 5.75 Å². The number of hydrogen-bond donors (Lipinski definition) is 3. The molecule has 21 heavy (non-hydrogen) atoms. The Balaban J connectivity index is 2.50. The Labute approximate surface area is 125 Å². The molecule has 0 fully saturated rings. The van der Waals surface area contributed by atoms with Gasteiger partial charge in [-0.25, -0.2) is 4.79 Å². The molecule has 0 aliphatic rings. The highest BCUT2D eigenvalue weighted by molar-refractivity contribution is 9.10. The number of rotatable bonds is 3. The quantitative estimate of drug-likeness (QED) is 0.570. The number of phenolic OH excluding ortho intramolecular Hbond substituents is 1. The predicted molar refractivity (Wildman–Crippen MR) is 79.1 cm³/mol. The molecule has 0 saturated carbocycles. The van der Waals surface area contributed by atoms with E-state index in [-0.39, 0.29) is 11.4 Å². The van der Waals surface area contributed by atoms with Crippen molar-refractivity contribution in [3.63, 3.8) is 0 Å². The average molecular weight is 354 g/mol. The summed E-state index contributed by atoms with van der Waals surface area (Å²) in [7, 11) is 0. The second-order valence-corrected chi connectivity index (χ2v) is 4.83. The summed E-state index contributed by atoms with van der Waals surface area (Å²) in [5.74, 6) is 0.0442. The normalized spacial score (nSPS) is 10.9. The monoisotopic (exact) mass is 353 g/mol. The zero-order valence-electron chi connectivity index (χ0n) is 10.3. The third-order valence-electron chi connectivity index (χ3n) is 2.54. The van der Waals surface area contributed by atoms with Crippen LogP contribution in [0.15, 0.2) is 32.3 Å². The van der Waals surface area contributed by atoms with E-state index in [0.717, 1.165) is 0 Å². The van der Waals surface area contributed by atoms with E-state index in [1.807, 2.05) is 0 Å². The third-order valence-corrected chi connectivity index (χ3v) is 3.18. The number of halogens is 1. The molecule has 0 radical (unpaired) electrons. The molecule has 8 nitrogen and oxygen atoms in total. The molecule has 1 aromatic carbocycles. The van der Waals surface area contributed by atoms with E-state index in [9.17, 15) is 24.8 Å². The number of phenols is 1. The van der Waals surface area contributed by atoms with Crippen molar-refractivity contribution in [2.75, 3.05) is 0 Å². The minimum atomic E-state index is -1.07. The number of aromatic nitrogens is 2. The van der Waals surface area contributed by atoms with Gasteiger partial charge in [0.05, 0.1) is 9.40 Å². The first-order chi connectivity index (χ1) is 9.88. The maximum atomic E-state index is 11.4. The molecule has 0 aliphatic heterocycles. The van der Waals surface area contributed by atoms with Crippen LogP contribution < -0.4 is 11.2 Å². The second kappa shape index (κ2) is 5.75. The maximum absolute atomic E-state index is 11.4. The van der Waals surface area contributed by atoms with Crippen molar-refractivity contribution in [1.29, 1.82) is 0 Å². The van der Waals surface area contributed by atoms with Crippen molar-refractivity contribution in [3.05, 3.63) is 64.9 Å². The van der Waals surface area contributed by atoms with Gasteiger partial charge in [-0.15, -0.1) is 0 Å². The predicted octanol–water partition coefficient (Wildman–Crippen LogP) is 1.61. The largest absolute Gasteiger partial charge is 0.507 e. The van der Waals surface area contributed by atoms with Crippen LogP contribution in [-0.2, 0) is 0 Å². The van der Waals surface area contributed by atoms with Crippen molar-refractivity contribution in [1.82, 2.24) is 9.97 Å². The summed E-state index contributed by atoms with van der Waals surface area (Å²) < 4.78 is 0.443. The van der Waals surface area contributed by atoms with Gasteiger partial charge >= 0.3 is 16.9 Å². The number of hydrogen-bond acceptors (Lipinski definition) is 5. The molecule has 0 amide bonds. The minimum Gasteiger partial charge on any atom is -0.507 e. The minimum absolute atomic E-state index is 0.0442. The SMILES string of the molecule is O=c1[nH]c(/C=C/c2ccc(O)c(Br)c2)c([N+](=O)[O-])c(=O)[nH]1. The molecule has 3 N–H and O–H groups in total. The van der Waals surface area contributed by atoms with Gasteiger partial charge in [0.2, 0.25) is 0 Å². The van der Waals surface area contributed by atoms with Gasteiger partial charge in [0.1, 0.15) is 11.4 Å². The van der Waals surface area contributed by atoms with E-state index < -0.39 is 21.9 Å². The summed E-state index contributed by atoms with van der Waals surface area (Å²) in [4.78, 5) is 36.6. The van der Waals surface area contributed by atoms with Crippen molar-refractivity contribution < 1.29 is 10.0 Å². The lowest BCUT2D eigenvalue weighted by atomic mass is 10.2. The average Bonchev–Trinajstić information content (AvgIpc) is 2.38. The van der Waals surface area contributed by atoms with Gasteiger partial charge in [-0.1, -0.05) is 12.1 Å². The standard InChI is InChI=1S/C12H8BrN3O5/c13-7-5-6(2-4-9(7)17)1-3-8-10(16(20)21)11(18)15-12(19)14-8/h1-5,17H,(H2,14,15,18,19)/b3-1+. The molecule has 0 atom stereocenters. The molecular weight excluding hydrogens is 346 g/mol. The summed E-state index contributed by atoms with van der Waals surface area (Å²) in [6, 6.07) is 4.56. The van der Waals surface area contributed by atoms with Gasteiger partial charge in [-0.05, 0) is 39.7 Å². The van der Waals surface area contributed by atoms with Gasteiger partial charge in [-0.2, -0.15) is 0 Å². The Morgan fingerprint density at radius 3 is 2.57 bits per heavy atom. The van der Waals surface area contributed by atoms with Crippen LogP contribution in [0.1, 0.15) is 11.3 Å². The fourth-order valence-electron chi connectivity index (χ4n) is 1.61. The number of aromatic amines is 2. The summed E-state index contributed by atoms with van der Waals surface area (Å²) >= 11 is 3.13. The van der Waals surface area contributed by atoms with Crippen LogP contribution in [0, 0.1) is 10.1 Å². The number of aromatic hydroxyl groups is 1. The summed E-state index contributed by atoms with van der Waals surface area (Å²) in [5, 5.41) is 20.2. The fraction of sp³-hybridized carbons (Fsp3) is 0. The summed E-state index contributed by atoms with van der Waals surface area (Å²) in [6.45, 7) is 0. The zero-order valence-corrected chi connectivity index (χ0v) is 11.9. The Kier molecular flexibility index (Phi) is 4.03. The molecular formula is C12H8BrN3O5. The molecule has 1 heterocycles. The van der Waals surface area contributed by atoms with Gasteiger partial charge in [0.25, 0.3) is 0 Å². The smallest absolute Gasteiger partial charge is 0.357 e. The Morgan fingerprint density at radius 2 is 1.95 bits per heavy atom. The molecule has 2 rings (SSSR count). The van der Waals surface area contributed by atoms with Gasteiger partial charge in [0.15, 0.2) is 0 Å². The topological polar surface area (TPSA) is 129 Å². The molecule has 0 saturated heterocycles. The van der Waals surface area contributed by atoms with Crippen molar-refractivity contribution in [2.45, 2.75) is 0 Å². The van der Waals surface area contributed by atoms with Crippen LogP contribution in [0.4, 0.5) is 5.69 Å². The van der Waals surface area contributed by atoms with E-state index in [1.165, 1.54) is 18.2 Å². The van der Waals surface area contributed by atoms with Crippen LogP contribution in [0.3, 0.4) is 0 Å². The Hall–Kier alpha value is -2.68. The Bertz CT molecular complexity index is 853. The number of H-pyrrole nitrogens is 2. The van der Waals surface area contributed by atoms with Gasteiger partial charge in [0, 0.05) is 0 Å². The molecule has 108 valence electrons. The van der Waals surface area contributed by atoms with Crippen LogP contribution in [0.2, 0.25) is 0 Å².